The minimum atomic E-state index is -0.453. The highest BCUT2D eigenvalue weighted by atomic mass is 19.1. The van der Waals surface area contributed by atoms with Crippen molar-refractivity contribution < 1.29 is 9.18 Å². The van der Waals surface area contributed by atoms with E-state index in [1.165, 1.54) is 12.1 Å². The largest absolute Gasteiger partial charge is 0.366 e. The van der Waals surface area contributed by atoms with Crippen molar-refractivity contribution >= 4 is 11.9 Å². The summed E-state index contributed by atoms with van der Waals surface area (Å²) < 4.78 is 13.0. The van der Waals surface area contributed by atoms with E-state index in [1.807, 2.05) is 24.9 Å². The van der Waals surface area contributed by atoms with Crippen LogP contribution in [0.4, 0.5) is 4.39 Å². The van der Waals surface area contributed by atoms with Crippen LogP contribution in [0.15, 0.2) is 53.5 Å². The molecule has 0 radical (unpaired) electrons. The summed E-state index contributed by atoms with van der Waals surface area (Å²) in [7, 11) is 1.92. The summed E-state index contributed by atoms with van der Waals surface area (Å²) in [6.07, 6.45) is 0. The molecule has 0 aromatic heterocycles. The summed E-state index contributed by atoms with van der Waals surface area (Å²) in [6.45, 7) is 3.76. The smallest absolute Gasteiger partial charge is 0.248 e. The fourth-order valence-electron chi connectivity index (χ4n) is 2.40. The third-order valence-corrected chi connectivity index (χ3v) is 3.65. The second-order valence-corrected chi connectivity index (χ2v) is 5.72. The van der Waals surface area contributed by atoms with Gasteiger partial charge >= 0.3 is 0 Å². The van der Waals surface area contributed by atoms with Gasteiger partial charge in [0.1, 0.15) is 5.82 Å². The maximum Gasteiger partial charge on any atom is 0.248 e. The lowest BCUT2D eigenvalue weighted by molar-refractivity contribution is 0.1000. The van der Waals surface area contributed by atoms with Gasteiger partial charge in [0.2, 0.25) is 5.91 Å². The highest BCUT2D eigenvalue weighted by Crippen LogP contribution is 2.08. The molecule has 2 rings (SSSR count). The van der Waals surface area contributed by atoms with Crippen LogP contribution in [0.25, 0.3) is 0 Å². The Morgan fingerprint density at radius 3 is 2.56 bits per heavy atom. The molecule has 0 heterocycles. The maximum atomic E-state index is 13.0. The van der Waals surface area contributed by atoms with E-state index in [9.17, 15) is 9.18 Å². The zero-order valence-electron chi connectivity index (χ0n) is 14.5. The van der Waals surface area contributed by atoms with Crippen molar-refractivity contribution in [1.82, 2.24) is 10.2 Å². The third-order valence-electron chi connectivity index (χ3n) is 3.65. The monoisotopic (exact) mass is 342 g/mol. The molecule has 2 aromatic carbocycles. The van der Waals surface area contributed by atoms with E-state index in [0.717, 1.165) is 23.6 Å². The Hall–Kier alpha value is -2.89. The van der Waals surface area contributed by atoms with E-state index in [1.54, 1.807) is 30.3 Å². The molecule has 0 saturated heterocycles. The molecule has 5 nitrogen and oxygen atoms in total. The molecule has 1 amide bonds. The zero-order chi connectivity index (χ0) is 18.2. The number of nitrogens with two attached hydrogens (primary N) is 1. The number of aliphatic imine (C=N–C) groups is 1. The van der Waals surface area contributed by atoms with Crippen LogP contribution in [0.2, 0.25) is 0 Å². The predicted octanol–water partition coefficient (Wildman–Crippen LogP) is 2.52. The molecule has 3 N–H and O–H groups in total. The van der Waals surface area contributed by atoms with Crippen molar-refractivity contribution in [1.29, 1.82) is 0 Å². The topological polar surface area (TPSA) is 70.7 Å². The summed E-state index contributed by atoms with van der Waals surface area (Å²) in [5, 5.41) is 3.23. The molecular weight excluding hydrogens is 319 g/mol. The number of amides is 1. The van der Waals surface area contributed by atoms with Gasteiger partial charge in [-0.05, 0) is 42.3 Å². The first-order valence-corrected chi connectivity index (χ1v) is 8.12. The molecule has 6 heteroatoms. The molecule has 0 bridgehead atoms. The SMILES string of the molecule is CCNC(=NCc1cccc(C(N)=O)c1)N(C)Cc1ccc(F)cc1. The molecule has 0 aliphatic heterocycles. The number of carbonyl (C=O) groups excluding carboxylic acids is 1. The van der Waals surface area contributed by atoms with Gasteiger partial charge in [-0.3, -0.25) is 4.79 Å². The van der Waals surface area contributed by atoms with Crippen LogP contribution in [0.1, 0.15) is 28.4 Å². The van der Waals surface area contributed by atoms with Crippen molar-refractivity contribution in [3.63, 3.8) is 0 Å². The van der Waals surface area contributed by atoms with Crippen molar-refractivity contribution in [2.75, 3.05) is 13.6 Å². The first-order valence-electron chi connectivity index (χ1n) is 8.12. The first kappa shape index (κ1) is 18.4. The van der Waals surface area contributed by atoms with Crippen molar-refractivity contribution in [3.05, 3.63) is 71.0 Å². The number of benzene rings is 2. The second-order valence-electron chi connectivity index (χ2n) is 5.72. The molecule has 25 heavy (non-hydrogen) atoms. The number of rotatable bonds is 6. The van der Waals surface area contributed by atoms with Gasteiger partial charge in [-0.15, -0.1) is 0 Å². The van der Waals surface area contributed by atoms with Gasteiger partial charge in [0.25, 0.3) is 0 Å². The lowest BCUT2D eigenvalue weighted by Crippen LogP contribution is -2.38. The molecular formula is C19H23FN4O. The molecule has 0 aliphatic carbocycles. The number of halogens is 1. The lowest BCUT2D eigenvalue weighted by Gasteiger charge is -2.22. The number of carbonyl (C=O) groups is 1. The van der Waals surface area contributed by atoms with Crippen molar-refractivity contribution in [3.8, 4) is 0 Å². The first-order chi connectivity index (χ1) is 12.0. The highest BCUT2D eigenvalue weighted by molar-refractivity contribution is 5.92. The number of nitrogens with zero attached hydrogens (tertiary/aromatic N) is 2. The van der Waals surface area contributed by atoms with Crippen LogP contribution in [-0.4, -0.2) is 30.4 Å². The number of primary amides is 1. The van der Waals surface area contributed by atoms with Gasteiger partial charge in [0.15, 0.2) is 5.96 Å². The number of guanidine groups is 1. The average molecular weight is 342 g/mol. The van der Waals surface area contributed by atoms with Gasteiger partial charge in [-0.1, -0.05) is 24.3 Å². The summed E-state index contributed by atoms with van der Waals surface area (Å²) in [4.78, 5) is 17.8. The van der Waals surface area contributed by atoms with E-state index >= 15 is 0 Å². The van der Waals surface area contributed by atoms with Crippen LogP contribution in [0.3, 0.4) is 0 Å². The summed E-state index contributed by atoms with van der Waals surface area (Å²) in [5.74, 6) is 0.0313. The Kier molecular flexibility index (Phi) is 6.51. The van der Waals surface area contributed by atoms with Gasteiger partial charge in [-0.25, -0.2) is 9.38 Å². The summed E-state index contributed by atoms with van der Waals surface area (Å²) in [5.41, 5.74) is 7.67. The fourth-order valence-corrected chi connectivity index (χ4v) is 2.40. The molecule has 0 atom stereocenters. The third kappa shape index (κ3) is 5.60. The maximum absolute atomic E-state index is 13.0. The molecule has 0 fully saturated rings. The molecule has 2 aromatic rings. The van der Waals surface area contributed by atoms with Crippen LogP contribution >= 0.6 is 0 Å². The molecule has 132 valence electrons. The van der Waals surface area contributed by atoms with Gasteiger partial charge in [0.05, 0.1) is 6.54 Å². The van der Waals surface area contributed by atoms with Crippen LogP contribution in [0, 0.1) is 5.82 Å². The highest BCUT2D eigenvalue weighted by Gasteiger charge is 2.07. The van der Waals surface area contributed by atoms with Crippen LogP contribution < -0.4 is 11.1 Å². The number of hydrogen-bond acceptors (Lipinski definition) is 2. The Morgan fingerprint density at radius 2 is 1.92 bits per heavy atom. The molecule has 0 aliphatic rings. The Bertz CT molecular complexity index is 743. The quantitative estimate of drug-likeness (QED) is 0.626. The molecule has 0 saturated carbocycles. The molecule has 0 unspecified atom stereocenters. The van der Waals surface area contributed by atoms with E-state index in [2.05, 4.69) is 10.3 Å². The minimum absolute atomic E-state index is 0.249. The number of hydrogen-bond donors (Lipinski definition) is 2. The van der Waals surface area contributed by atoms with Crippen molar-refractivity contribution in [2.24, 2.45) is 10.7 Å². The fraction of sp³-hybridized carbons (Fsp3) is 0.263. The van der Waals surface area contributed by atoms with Gasteiger partial charge in [0, 0.05) is 25.7 Å². The van der Waals surface area contributed by atoms with Crippen LogP contribution in [0.5, 0.6) is 0 Å². The average Bonchev–Trinajstić information content (AvgIpc) is 2.60. The van der Waals surface area contributed by atoms with E-state index in [-0.39, 0.29) is 5.82 Å². The normalized spacial score (nSPS) is 11.2. The van der Waals surface area contributed by atoms with E-state index < -0.39 is 5.91 Å². The van der Waals surface area contributed by atoms with Gasteiger partial charge < -0.3 is 16.0 Å². The number of nitrogens with one attached hydrogen (secondary N) is 1. The van der Waals surface area contributed by atoms with Gasteiger partial charge in [-0.2, -0.15) is 0 Å². The molecule has 0 spiro atoms. The minimum Gasteiger partial charge on any atom is -0.366 e. The van der Waals surface area contributed by atoms with E-state index in [4.69, 9.17) is 5.73 Å². The Labute approximate surface area is 147 Å². The van der Waals surface area contributed by atoms with Crippen molar-refractivity contribution in [2.45, 2.75) is 20.0 Å². The lowest BCUT2D eigenvalue weighted by atomic mass is 10.1. The summed E-state index contributed by atoms with van der Waals surface area (Å²) >= 11 is 0. The Balaban J connectivity index is 2.10. The van der Waals surface area contributed by atoms with Crippen LogP contribution in [-0.2, 0) is 13.1 Å². The summed E-state index contributed by atoms with van der Waals surface area (Å²) in [6, 6.07) is 13.5. The zero-order valence-corrected chi connectivity index (χ0v) is 14.5. The van der Waals surface area contributed by atoms with E-state index in [0.29, 0.717) is 18.7 Å². The predicted molar refractivity (Wildman–Crippen MR) is 97.6 cm³/mol. The standard InChI is InChI=1S/C19H23FN4O/c1-3-22-19(24(2)13-14-7-9-17(20)10-8-14)23-12-15-5-4-6-16(11-15)18(21)25/h4-11H,3,12-13H2,1-2H3,(H2,21,25)(H,22,23). The Morgan fingerprint density at radius 1 is 1.20 bits per heavy atom. The second kappa shape index (κ2) is 8.82.